The lowest BCUT2D eigenvalue weighted by Gasteiger charge is -2.28. The van der Waals surface area contributed by atoms with Crippen LogP contribution in [0.2, 0.25) is 0 Å². The maximum atomic E-state index is 11.9. The molecular formula is C18H24N2O3. The van der Waals surface area contributed by atoms with Crippen LogP contribution in [0, 0.1) is 19.3 Å². The highest BCUT2D eigenvalue weighted by atomic mass is 16.5. The van der Waals surface area contributed by atoms with Gasteiger partial charge in [-0.15, -0.1) is 0 Å². The molecule has 1 aromatic rings. The lowest BCUT2D eigenvalue weighted by atomic mass is 9.76. The topological polar surface area (TPSA) is 67.8 Å². The van der Waals surface area contributed by atoms with Crippen molar-refractivity contribution in [2.24, 2.45) is 10.5 Å². The molecule has 1 N–H and O–H groups in total. The third kappa shape index (κ3) is 4.91. The van der Waals surface area contributed by atoms with Crippen molar-refractivity contribution in [2.45, 2.75) is 47.0 Å². The van der Waals surface area contributed by atoms with Gasteiger partial charge in [0.25, 0.3) is 5.91 Å². The highest BCUT2D eigenvalue weighted by Crippen LogP contribution is 2.31. The summed E-state index contributed by atoms with van der Waals surface area (Å²) in [6, 6.07) is 5.83. The van der Waals surface area contributed by atoms with Crippen LogP contribution in [-0.4, -0.2) is 24.0 Å². The molecule has 1 aliphatic carbocycles. The molecule has 5 nitrogen and oxygen atoms in total. The number of benzene rings is 1. The van der Waals surface area contributed by atoms with Gasteiger partial charge in [-0.05, 0) is 36.8 Å². The van der Waals surface area contributed by atoms with E-state index in [2.05, 4.69) is 10.5 Å². The summed E-state index contributed by atoms with van der Waals surface area (Å²) in [6.45, 7) is 7.85. The largest absolute Gasteiger partial charge is 0.483 e. The summed E-state index contributed by atoms with van der Waals surface area (Å²) < 4.78 is 5.58. The van der Waals surface area contributed by atoms with Gasteiger partial charge in [0.05, 0.1) is 0 Å². The van der Waals surface area contributed by atoms with Gasteiger partial charge in [-0.3, -0.25) is 9.59 Å². The van der Waals surface area contributed by atoms with Crippen LogP contribution in [0.25, 0.3) is 0 Å². The third-order valence-corrected chi connectivity index (χ3v) is 3.85. The molecule has 1 saturated carbocycles. The molecule has 0 heterocycles. The fraction of sp³-hybridized carbons (Fsp3) is 0.500. The number of para-hydroxylation sites is 1. The molecule has 0 radical (unpaired) electrons. The summed E-state index contributed by atoms with van der Waals surface area (Å²) in [4.78, 5) is 23.6. The molecule has 0 unspecified atom stereocenters. The van der Waals surface area contributed by atoms with E-state index in [1.165, 1.54) is 0 Å². The molecular weight excluding hydrogens is 292 g/mol. The van der Waals surface area contributed by atoms with Crippen LogP contribution in [0.1, 0.15) is 44.2 Å². The number of nitrogens with one attached hydrogen (secondary N) is 1. The van der Waals surface area contributed by atoms with Crippen LogP contribution < -0.4 is 10.2 Å². The Kier molecular flexibility index (Phi) is 5.19. The minimum absolute atomic E-state index is 0.0896. The molecule has 1 fully saturated rings. The summed E-state index contributed by atoms with van der Waals surface area (Å²) in [6.07, 6.45) is 1.61. The van der Waals surface area contributed by atoms with Gasteiger partial charge in [0.1, 0.15) is 11.5 Å². The molecule has 0 spiro atoms. The Labute approximate surface area is 137 Å². The lowest BCUT2D eigenvalue weighted by molar-refractivity contribution is -0.123. The van der Waals surface area contributed by atoms with Gasteiger partial charge in [0.15, 0.2) is 6.61 Å². The maximum Gasteiger partial charge on any atom is 0.277 e. The Bertz CT molecular complexity index is 627. The number of nitrogens with zero attached hydrogens (tertiary/aromatic N) is 1. The van der Waals surface area contributed by atoms with E-state index < -0.39 is 0 Å². The lowest BCUT2D eigenvalue weighted by Crippen LogP contribution is -2.32. The standard InChI is InChI=1S/C18H24N2O3/c1-12-6-5-7-13(2)17(12)23-11-16(22)20-19-14-8-15(21)10-18(3,4)9-14/h5-7H,8-11H2,1-4H3,(H,20,22). The van der Waals surface area contributed by atoms with Gasteiger partial charge in [-0.1, -0.05) is 32.0 Å². The zero-order valence-electron chi connectivity index (χ0n) is 14.2. The molecule has 0 aromatic heterocycles. The number of carbonyl (C=O) groups is 2. The Morgan fingerprint density at radius 2 is 1.91 bits per heavy atom. The summed E-state index contributed by atoms with van der Waals surface area (Å²) in [5, 5.41) is 4.10. The first-order valence-corrected chi connectivity index (χ1v) is 7.82. The Hall–Kier alpha value is -2.17. The molecule has 1 amide bonds. The number of hydrazone groups is 1. The van der Waals surface area contributed by atoms with Crippen LogP contribution in [0.15, 0.2) is 23.3 Å². The van der Waals surface area contributed by atoms with E-state index in [1.54, 1.807) is 0 Å². The SMILES string of the molecule is Cc1cccc(C)c1OCC(=O)NN=C1CC(=O)CC(C)(C)C1. The van der Waals surface area contributed by atoms with Gasteiger partial charge >= 0.3 is 0 Å². The number of aryl methyl sites for hydroxylation is 2. The Morgan fingerprint density at radius 1 is 1.26 bits per heavy atom. The zero-order chi connectivity index (χ0) is 17.0. The number of Topliss-reactive ketones (excluding diaryl/α,β-unsaturated/α-hetero) is 1. The molecule has 1 aromatic carbocycles. The summed E-state index contributed by atoms with van der Waals surface area (Å²) in [5.41, 5.74) is 5.11. The van der Waals surface area contributed by atoms with Crippen molar-refractivity contribution < 1.29 is 14.3 Å². The monoisotopic (exact) mass is 316 g/mol. The molecule has 0 saturated heterocycles. The molecule has 124 valence electrons. The number of rotatable bonds is 4. The van der Waals surface area contributed by atoms with E-state index in [9.17, 15) is 9.59 Å². The average Bonchev–Trinajstić information content (AvgIpc) is 2.42. The Balaban J connectivity index is 1.90. The minimum Gasteiger partial charge on any atom is -0.483 e. The van der Waals surface area contributed by atoms with Gasteiger partial charge in [-0.25, -0.2) is 5.43 Å². The van der Waals surface area contributed by atoms with Crippen molar-refractivity contribution in [3.05, 3.63) is 29.3 Å². The van der Waals surface area contributed by atoms with E-state index in [-0.39, 0.29) is 23.7 Å². The van der Waals surface area contributed by atoms with E-state index in [0.29, 0.717) is 12.8 Å². The second kappa shape index (κ2) is 6.94. The fourth-order valence-corrected chi connectivity index (χ4v) is 2.92. The summed E-state index contributed by atoms with van der Waals surface area (Å²) in [5.74, 6) is 0.571. The number of hydrogen-bond donors (Lipinski definition) is 1. The first-order chi connectivity index (χ1) is 10.8. The quantitative estimate of drug-likeness (QED) is 0.868. The highest BCUT2D eigenvalue weighted by molar-refractivity contribution is 6.05. The predicted octanol–water partition coefficient (Wildman–Crippen LogP) is 2.93. The second-order valence-electron chi connectivity index (χ2n) is 6.96. The van der Waals surface area contributed by atoms with Crippen LogP contribution in [0.4, 0.5) is 0 Å². The Morgan fingerprint density at radius 3 is 2.52 bits per heavy atom. The van der Waals surface area contributed by atoms with Gasteiger partial charge in [0.2, 0.25) is 0 Å². The van der Waals surface area contributed by atoms with E-state index in [4.69, 9.17) is 4.74 Å². The van der Waals surface area contributed by atoms with Gasteiger partial charge < -0.3 is 4.74 Å². The fourth-order valence-electron chi connectivity index (χ4n) is 2.92. The van der Waals surface area contributed by atoms with Gasteiger partial charge in [-0.2, -0.15) is 5.10 Å². The first kappa shape index (κ1) is 17.2. The van der Waals surface area contributed by atoms with Crippen molar-refractivity contribution in [2.75, 3.05) is 6.61 Å². The number of hydrogen-bond acceptors (Lipinski definition) is 4. The van der Waals surface area contributed by atoms with Crippen LogP contribution in [0.5, 0.6) is 5.75 Å². The second-order valence-corrected chi connectivity index (χ2v) is 6.96. The molecule has 0 aliphatic heterocycles. The summed E-state index contributed by atoms with van der Waals surface area (Å²) in [7, 11) is 0. The zero-order valence-corrected chi connectivity index (χ0v) is 14.2. The van der Waals surface area contributed by atoms with Crippen molar-refractivity contribution in [1.82, 2.24) is 5.43 Å². The van der Waals surface area contributed by atoms with Gasteiger partial charge in [0, 0.05) is 18.6 Å². The number of ketones is 1. The molecule has 23 heavy (non-hydrogen) atoms. The van der Waals surface area contributed by atoms with Crippen molar-refractivity contribution in [3.8, 4) is 5.75 Å². The van der Waals surface area contributed by atoms with Crippen LogP contribution >= 0.6 is 0 Å². The minimum atomic E-state index is -0.323. The van der Waals surface area contributed by atoms with E-state index >= 15 is 0 Å². The number of ether oxygens (including phenoxy) is 1. The van der Waals surface area contributed by atoms with Crippen LogP contribution in [-0.2, 0) is 9.59 Å². The molecule has 2 rings (SSSR count). The van der Waals surface area contributed by atoms with Crippen molar-refractivity contribution >= 4 is 17.4 Å². The maximum absolute atomic E-state index is 11.9. The van der Waals surface area contributed by atoms with Crippen molar-refractivity contribution in [3.63, 3.8) is 0 Å². The number of carbonyl (C=O) groups excluding carboxylic acids is 2. The normalized spacial score (nSPS) is 18.8. The van der Waals surface area contributed by atoms with Crippen LogP contribution in [0.3, 0.4) is 0 Å². The molecule has 5 heteroatoms. The molecule has 1 aliphatic rings. The third-order valence-electron chi connectivity index (χ3n) is 3.85. The predicted molar refractivity (Wildman–Crippen MR) is 89.6 cm³/mol. The number of amides is 1. The average molecular weight is 316 g/mol. The highest BCUT2D eigenvalue weighted by Gasteiger charge is 2.30. The molecule has 0 bridgehead atoms. The van der Waals surface area contributed by atoms with E-state index in [0.717, 1.165) is 29.0 Å². The molecule has 0 atom stereocenters. The smallest absolute Gasteiger partial charge is 0.277 e. The first-order valence-electron chi connectivity index (χ1n) is 7.82. The summed E-state index contributed by atoms with van der Waals surface area (Å²) >= 11 is 0. The van der Waals surface area contributed by atoms with E-state index in [1.807, 2.05) is 45.9 Å². The van der Waals surface area contributed by atoms with Crippen molar-refractivity contribution in [1.29, 1.82) is 0 Å².